The third kappa shape index (κ3) is 3.67. The summed E-state index contributed by atoms with van der Waals surface area (Å²) < 4.78 is 1.16. The molecule has 0 saturated heterocycles. The molecule has 2 aromatic rings. The molecule has 1 aromatic carbocycles. The van der Waals surface area contributed by atoms with Crippen molar-refractivity contribution in [1.82, 2.24) is 9.78 Å². The molecule has 23 heavy (non-hydrogen) atoms. The fourth-order valence-electron chi connectivity index (χ4n) is 1.97. The molecular weight excluding hydrogens is 306 g/mol. The zero-order chi connectivity index (χ0) is 17.1. The first-order valence-electron chi connectivity index (χ1n) is 6.51. The normalized spacial score (nSPS) is 10.3. The van der Waals surface area contributed by atoms with Crippen LogP contribution < -0.4 is 5.32 Å². The summed E-state index contributed by atoms with van der Waals surface area (Å²) >= 11 is 0. The molecule has 1 N–H and O–H groups in total. The number of nitrogens with zero attached hydrogens (tertiary/aromatic N) is 4. The number of carbonyl (C=O) groups is 1. The topological polar surface area (TPSA) is 133 Å². The van der Waals surface area contributed by atoms with Crippen molar-refractivity contribution in [3.8, 4) is 0 Å². The molecule has 0 bridgehead atoms. The average molecular weight is 319 g/mol. The van der Waals surface area contributed by atoms with Crippen molar-refractivity contribution < 1.29 is 14.6 Å². The van der Waals surface area contributed by atoms with E-state index in [-0.39, 0.29) is 23.7 Å². The van der Waals surface area contributed by atoms with Crippen molar-refractivity contribution in [2.24, 2.45) is 0 Å². The number of amides is 1. The van der Waals surface area contributed by atoms with E-state index in [1.165, 1.54) is 18.2 Å². The van der Waals surface area contributed by atoms with Gasteiger partial charge in [-0.15, -0.1) is 0 Å². The van der Waals surface area contributed by atoms with Gasteiger partial charge in [0.2, 0.25) is 5.91 Å². The van der Waals surface area contributed by atoms with Gasteiger partial charge < -0.3 is 15.4 Å². The number of nitro groups is 2. The second kappa shape index (κ2) is 6.22. The van der Waals surface area contributed by atoms with E-state index in [0.29, 0.717) is 11.3 Å². The van der Waals surface area contributed by atoms with E-state index in [4.69, 9.17) is 0 Å². The minimum atomic E-state index is -0.660. The lowest BCUT2D eigenvalue weighted by molar-refractivity contribution is -0.389. The van der Waals surface area contributed by atoms with Gasteiger partial charge in [-0.2, -0.15) is 4.68 Å². The highest BCUT2D eigenvalue weighted by atomic mass is 16.6. The van der Waals surface area contributed by atoms with Gasteiger partial charge in [-0.1, -0.05) is 6.07 Å². The van der Waals surface area contributed by atoms with Crippen LogP contribution in [0.2, 0.25) is 0 Å². The van der Waals surface area contributed by atoms with E-state index in [1.807, 2.05) is 0 Å². The van der Waals surface area contributed by atoms with Crippen molar-refractivity contribution >= 4 is 23.1 Å². The lowest BCUT2D eigenvalue weighted by Crippen LogP contribution is -2.20. The smallest absolute Gasteiger partial charge is 0.358 e. The van der Waals surface area contributed by atoms with Crippen LogP contribution in [-0.2, 0) is 11.3 Å². The van der Waals surface area contributed by atoms with Gasteiger partial charge in [0.15, 0.2) is 0 Å². The molecule has 0 unspecified atom stereocenters. The summed E-state index contributed by atoms with van der Waals surface area (Å²) in [6.45, 7) is 2.98. The summed E-state index contributed by atoms with van der Waals surface area (Å²) in [5, 5.41) is 27.8. The average Bonchev–Trinajstić information content (AvgIpc) is 2.82. The molecule has 1 aromatic heterocycles. The van der Waals surface area contributed by atoms with Crippen LogP contribution in [0.1, 0.15) is 11.3 Å². The SMILES string of the molecule is Cc1ccc(NC(=O)Cn2nc([N+](=O)[O-])cc2C)c([N+](=O)[O-])c1. The van der Waals surface area contributed by atoms with Gasteiger partial charge in [0.1, 0.15) is 12.2 Å². The molecule has 0 radical (unpaired) electrons. The predicted octanol–water partition coefficient (Wildman–Crippen LogP) is 1.96. The number of hydrogen-bond acceptors (Lipinski definition) is 6. The van der Waals surface area contributed by atoms with Crippen LogP contribution >= 0.6 is 0 Å². The first-order valence-corrected chi connectivity index (χ1v) is 6.51. The Morgan fingerprint density at radius 2 is 1.91 bits per heavy atom. The summed E-state index contributed by atoms with van der Waals surface area (Å²) in [7, 11) is 0. The highest BCUT2D eigenvalue weighted by molar-refractivity contribution is 5.93. The maximum atomic E-state index is 12.0. The summed E-state index contributed by atoms with van der Waals surface area (Å²) in [4.78, 5) is 32.4. The lowest BCUT2D eigenvalue weighted by Gasteiger charge is -2.06. The van der Waals surface area contributed by atoms with Gasteiger partial charge in [-0.3, -0.25) is 14.9 Å². The van der Waals surface area contributed by atoms with Gasteiger partial charge in [0, 0.05) is 6.07 Å². The van der Waals surface area contributed by atoms with Crippen molar-refractivity contribution in [3.05, 3.63) is 55.8 Å². The number of benzene rings is 1. The molecule has 0 aliphatic carbocycles. The Morgan fingerprint density at radius 3 is 2.48 bits per heavy atom. The summed E-state index contributed by atoms with van der Waals surface area (Å²) in [5.74, 6) is -0.935. The molecule has 120 valence electrons. The minimum absolute atomic E-state index is 0.0601. The first kappa shape index (κ1) is 16.1. The molecule has 10 nitrogen and oxygen atoms in total. The number of rotatable bonds is 5. The van der Waals surface area contributed by atoms with Gasteiger partial charge in [0.05, 0.1) is 21.8 Å². The molecule has 0 atom stereocenters. The van der Waals surface area contributed by atoms with E-state index >= 15 is 0 Å². The van der Waals surface area contributed by atoms with Crippen LogP contribution in [0.25, 0.3) is 0 Å². The number of aryl methyl sites for hydroxylation is 2. The molecule has 2 rings (SSSR count). The van der Waals surface area contributed by atoms with Crippen LogP contribution in [0.15, 0.2) is 24.3 Å². The Hall–Kier alpha value is -3.30. The Balaban J connectivity index is 2.17. The second-order valence-electron chi connectivity index (χ2n) is 4.88. The Labute approximate surface area is 130 Å². The molecule has 0 saturated carbocycles. The minimum Gasteiger partial charge on any atom is -0.358 e. The highest BCUT2D eigenvalue weighted by Gasteiger charge is 2.20. The van der Waals surface area contributed by atoms with E-state index in [0.717, 1.165) is 4.68 Å². The monoisotopic (exact) mass is 319 g/mol. The van der Waals surface area contributed by atoms with E-state index in [9.17, 15) is 25.0 Å². The fraction of sp³-hybridized carbons (Fsp3) is 0.231. The molecule has 0 fully saturated rings. The molecule has 0 aliphatic rings. The maximum absolute atomic E-state index is 12.0. The number of nitrogens with one attached hydrogen (secondary N) is 1. The Kier molecular flexibility index (Phi) is 4.35. The molecule has 0 spiro atoms. The first-order chi connectivity index (χ1) is 10.8. The number of nitro benzene ring substituents is 1. The van der Waals surface area contributed by atoms with E-state index in [1.54, 1.807) is 19.9 Å². The largest absolute Gasteiger partial charge is 0.390 e. The van der Waals surface area contributed by atoms with Crippen LogP contribution in [0, 0.1) is 34.1 Å². The fourth-order valence-corrected chi connectivity index (χ4v) is 1.97. The van der Waals surface area contributed by atoms with Gasteiger partial charge in [-0.05, 0) is 30.4 Å². The molecule has 10 heteroatoms. The quantitative estimate of drug-likeness (QED) is 0.661. The van der Waals surface area contributed by atoms with Crippen molar-refractivity contribution in [1.29, 1.82) is 0 Å². The Morgan fingerprint density at radius 1 is 1.22 bits per heavy atom. The standard InChI is InChI=1S/C13H13N5O5/c1-8-3-4-10(11(5-8)17(20)21)14-13(19)7-16-9(2)6-12(15-16)18(22)23/h3-6H,7H2,1-2H3,(H,14,19). The van der Waals surface area contributed by atoms with Crippen LogP contribution in [0.3, 0.4) is 0 Å². The van der Waals surface area contributed by atoms with Crippen molar-refractivity contribution in [2.45, 2.75) is 20.4 Å². The van der Waals surface area contributed by atoms with Crippen LogP contribution in [-0.4, -0.2) is 25.5 Å². The molecular formula is C13H13N5O5. The lowest BCUT2D eigenvalue weighted by atomic mass is 10.2. The predicted molar refractivity (Wildman–Crippen MR) is 80.1 cm³/mol. The second-order valence-corrected chi connectivity index (χ2v) is 4.88. The van der Waals surface area contributed by atoms with E-state index in [2.05, 4.69) is 10.4 Å². The molecule has 0 aliphatic heterocycles. The van der Waals surface area contributed by atoms with Gasteiger partial charge in [0.25, 0.3) is 5.69 Å². The molecule has 1 heterocycles. The number of carbonyl (C=O) groups excluding carboxylic acids is 1. The highest BCUT2D eigenvalue weighted by Crippen LogP contribution is 2.25. The maximum Gasteiger partial charge on any atom is 0.390 e. The van der Waals surface area contributed by atoms with Crippen LogP contribution in [0.4, 0.5) is 17.2 Å². The summed E-state index contributed by atoms with van der Waals surface area (Å²) in [6, 6.07) is 5.65. The van der Waals surface area contributed by atoms with Crippen molar-refractivity contribution in [3.63, 3.8) is 0 Å². The Bertz CT molecular complexity index is 798. The third-order valence-electron chi connectivity index (χ3n) is 3.07. The zero-order valence-electron chi connectivity index (χ0n) is 12.3. The summed E-state index contributed by atoms with van der Waals surface area (Å²) in [6.07, 6.45) is 0. The summed E-state index contributed by atoms with van der Waals surface area (Å²) in [5.41, 5.74) is 0.963. The number of hydrogen-bond donors (Lipinski definition) is 1. The van der Waals surface area contributed by atoms with Crippen molar-refractivity contribution in [2.75, 3.05) is 5.32 Å². The van der Waals surface area contributed by atoms with E-state index < -0.39 is 15.8 Å². The third-order valence-corrected chi connectivity index (χ3v) is 3.07. The van der Waals surface area contributed by atoms with Crippen LogP contribution in [0.5, 0.6) is 0 Å². The van der Waals surface area contributed by atoms with Gasteiger partial charge >= 0.3 is 5.82 Å². The zero-order valence-corrected chi connectivity index (χ0v) is 12.3. The van der Waals surface area contributed by atoms with Gasteiger partial charge in [-0.25, -0.2) is 0 Å². The molecule has 1 amide bonds. The number of aromatic nitrogens is 2. The number of anilines is 1.